The van der Waals surface area contributed by atoms with Gasteiger partial charge in [0.1, 0.15) is 0 Å². The highest BCUT2D eigenvalue weighted by Gasteiger charge is 2.33. The minimum atomic E-state index is -4.69. The van der Waals surface area contributed by atoms with Crippen LogP contribution in [0, 0.1) is 0 Å². The largest absolute Gasteiger partial charge is 0.503 e. The van der Waals surface area contributed by atoms with Gasteiger partial charge in [0.15, 0.2) is 5.75 Å². The smallest absolute Gasteiger partial charge is 0.491 e. The predicted molar refractivity (Wildman–Crippen MR) is 29.1 cm³/mol. The number of rotatable bonds is 0. The number of aromatic hydroxyl groups is 2. The average Bonchev–Trinajstić information content (AvgIpc) is 2.11. The topological polar surface area (TPSA) is 45.4 Å². The molecule has 1 rings (SSSR count). The molecule has 0 saturated carbocycles. The number of aromatic nitrogens is 1. The first-order valence-electron chi connectivity index (χ1n) is 2.59. The Morgan fingerprint density at radius 2 is 1.82 bits per heavy atom. The van der Waals surface area contributed by atoms with Crippen molar-refractivity contribution in [3.05, 3.63) is 12.3 Å². The van der Waals surface area contributed by atoms with Crippen LogP contribution in [0.2, 0.25) is 0 Å². The molecule has 6 heteroatoms. The Morgan fingerprint density at radius 3 is 2.00 bits per heavy atom. The molecule has 0 radical (unpaired) electrons. The van der Waals surface area contributed by atoms with Gasteiger partial charge in [-0.05, 0) is 0 Å². The molecule has 11 heavy (non-hydrogen) atoms. The van der Waals surface area contributed by atoms with E-state index in [4.69, 9.17) is 10.2 Å². The molecule has 0 amide bonds. The molecule has 0 unspecified atom stereocenters. The number of nitrogens with zero attached hydrogens (tertiary/aromatic N) is 1. The Kier molecular flexibility index (Phi) is 1.47. The molecule has 0 aliphatic heterocycles. The van der Waals surface area contributed by atoms with E-state index in [0.29, 0.717) is 6.20 Å². The Morgan fingerprint density at radius 1 is 1.27 bits per heavy atom. The average molecular weight is 167 g/mol. The molecule has 62 valence electrons. The molecule has 1 heterocycles. The van der Waals surface area contributed by atoms with Crippen molar-refractivity contribution in [1.29, 1.82) is 0 Å². The molecular weight excluding hydrogens is 163 g/mol. The molecule has 1 aromatic rings. The fourth-order valence-electron chi connectivity index (χ4n) is 0.618. The summed E-state index contributed by atoms with van der Waals surface area (Å²) in [6, 6.07) is 0.753. The molecule has 3 nitrogen and oxygen atoms in total. The Labute approximate surface area is 59.3 Å². The molecule has 0 bridgehead atoms. The summed E-state index contributed by atoms with van der Waals surface area (Å²) in [5, 5.41) is 17.1. The van der Waals surface area contributed by atoms with E-state index < -0.39 is 17.9 Å². The van der Waals surface area contributed by atoms with Crippen molar-refractivity contribution in [2.24, 2.45) is 0 Å². The fraction of sp³-hybridized carbons (Fsp3) is 0.200. The lowest BCUT2D eigenvalue weighted by Gasteiger charge is -2.07. The van der Waals surface area contributed by atoms with Crippen molar-refractivity contribution in [2.45, 2.75) is 6.30 Å². The summed E-state index contributed by atoms with van der Waals surface area (Å²) in [5.74, 6) is -1.99. The van der Waals surface area contributed by atoms with E-state index in [1.807, 2.05) is 0 Å². The maximum atomic E-state index is 11.8. The zero-order valence-electron chi connectivity index (χ0n) is 5.13. The van der Waals surface area contributed by atoms with Gasteiger partial charge in [0.05, 0.1) is 0 Å². The number of alkyl halides is 3. The first-order chi connectivity index (χ1) is 4.93. The highest BCUT2D eigenvalue weighted by molar-refractivity contribution is 5.32. The summed E-state index contributed by atoms with van der Waals surface area (Å²) in [6.07, 6.45) is -4.16. The van der Waals surface area contributed by atoms with Crippen LogP contribution in [-0.4, -0.2) is 14.8 Å². The summed E-state index contributed by atoms with van der Waals surface area (Å²) in [4.78, 5) is 0. The standard InChI is InChI=1S/C5H4F3NO2/c6-5(7,8)9-2-1-3(10)4(9)11/h1-2,10-11H. The van der Waals surface area contributed by atoms with E-state index in [9.17, 15) is 13.2 Å². The SMILES string of the molecule is Oc1ccn(C(F)(F)F)c1O. The predicted octanol–water partition coefficient (Wildman–Crippen LogP) is 1.38. The third-order valence-electron chi connectivity index (χ3n) is 1.11. The molecule has 0 aliphatic rings. The third-order valence-corrected chi connectivity index (χ3v) is 1.11. The third kappa shape index (κ3) is 1.24. The van der Waals surface area contributed by atoms with Crippen molar-refractivity contribution in [3.8, 4) is 11.6 Å². The first-order valence-corrected chi connectivity index (χ1v) is 2.59. The number of hydrogen-bond donors (Lipinski definition) is 2. The Hall–Kier alpha value is -1.33. The zero-order chi connectivity index (χ0) is 8.65. The lowest BCUT2D eigenvalue weighted by atomic mass is 10.6. The molecule has 2 N–H and O–H groups in total. The van der Waals surface area contributed by atoms with Crippen LogP contribution in [0.15, 0.2) is 12.3 Å². The van der Waals surface area contributed by atoms with E-state index in [1.165, 1.54) is 0 Å². The Bertz CT molecular complexity index is 265. The van der Waals surface area contributed by atoms with E-state index >= 15 is 0 Å². The van der Waals surface area contributed by atoms with E-state index in [-0.39, 0.29) is 4.57 Å². The lowest BCUT2D eigenvalue weighted by molar-refractivity contribution is -0.206. The molecule has 0 saturated heterocycles. The second-order valence-corrected chi connectivity index (χ2v) is 1.86. The molecule has 0 atom stereocenters. The van der Waals surface area contributed by atoms with Crippen molar-refractivity contribution in [2.75, 3.05) is 0 Å². The van der Waals surface area contributed by atoms with Gasteiger partial charge in [0, 0.05) is 12.3 Å². The van der Waals surface area contributed by atoms with Crippen LogP contribution in [0.25, 0.3) is 0 Å². The monoisotopic (exact) mass is 167 g/mol. The van der Waals surface area contributed by atoms with Gasteiger partial charge in [-0.25, -0.2) is 4.57 Å². The zero-order valence-corrected chi connectivity index (χ0v) is 5.13. The van der Waals surface area contributed by atoms with Crippen LogP contribution in [0.3, 0.4) is 0 Å². The highest BCUT2D eigenvalue weighted by atomic mass is 19.4. The van der Waals surface area contributed by atoms with Crippen LogP contribution < -0.4 is 0 Å². The van der Waals surface area contributed by atoms with Gasteiger partial charge in [0.25, 0.3) is 0 Å². The van der Waals surface area contributed by atoms with Gasteiger partial charge in [0.2, 0.25) is 5.88 Å². The minimum Gasteiger partial charge on any atom is -0.503 e. The molecule has 1 aromatic heterocycles. The summed E-state index contributed by atoms with van der Waals surface area (Å²) < 4.78 is 34.9. The van der Waals surface area contributed by atoms with Crippen molar-refractivity contribution >= 4 is 0 Å². The minimum absolute atomic E-state index is 0.387. The van der Waals surface area contributed by atoms with E-state index in [0.717, 1.165) is 6.07 Å². The van der Waals surface area contributed by atoms with Crippen molar-refractivity contribution in [1.82, 2.24) is 4.57 Å². The van der Waals surface area contributed by atoms with Gasteiger partial charge in [-0.2, -0.15) is 0 Å². The molecule has 0 aromatic carbocycles. The second-order valence-electron chi connectivity index (χ2n) is 1.86. The van der Waals surface area contributed by atoms with Crippen LogP contribution >= 0.6 is 0 Å². The summed E-state index contributed by atoms with van der Waals surface area (Å²) >= 11 is 0. The highest BCUT2D eigenvalue weighted by Crippen LogP contribution is 2.34. The van der Waals surface area contributed by atoms with Gasteiger partial charge in [-0.3, -0.25) is 0 Å². The number of halogens is 3. The molecule has 0 fully saturated rings. The Balaban J connectivity index is 3.15. The second kappa shape index (κ2) is 2.08. The van der Waals surface area contributed by atoms with Crippen LogP contribution in [0.4, 0.5) is 13.2 Å². The van der Waals surface area contributed by atoms with Gasteiger partial charge in [-0.1, -0.05) is 0 Å². The first kappa shape index (κ1) is 7.77. The van der Waals surface area contributed by atoms with Crippen LogP contribution in [0.5, 0.6) is 11.6 Å². The quantitative estimate of drug-likeness (QED) is 0.613. The maximum absolute atomic E-state index is 11.8. The van der Waals surface area contributed by atoms with Crippen LogP contribution in [-0.2, 0) is 6.30 Å². The molecular formula is C5H4F3NO2. The maximum Gasteiger partial charge on any atom is 0.491 e. The van der Waals surface area contributed by atoms with E-state index in [2.05, 4.69) is 0 Å². The van der Waals surface area contributed by atoms with Gasteiger partial charge >= 0.3 is 6.30 Å². The van der Waals surface area contributed by atoms with Crippen LogP contribution in [0.1, 0.15) is 0 Å². The summed E-state index contributed by atoms with van der Waals surface area (Å²) in [7, 11) is 0. The lowest BCUT2D eigenvalue weighted by Crippen LogP contribution is -2.14. The summed E-state index contributed by atoms with van der Waals surface area (Å²) in [6.45, 7) is 0. The van der Waals surface area contributed by atoms with Crippen molar-refractivity contribution < 1.29 is 23.4 Å². The van der Waals surface area contributed by atoms with Gasteiger partial charge < -0.3 is 10.2 Å². The van der Waals surface area contributed by atoms with E-state index in [1.54, 1.807) is 0 Å². The molecule has 0 aliphatic carbocycles. The normalized spacial score (nSPS) is 11.9. The van der Waals surface area contributed by atoms with Gasteiger partial charge in [-0.15, -0.1) is 13.2 Å². The van der Waals surface area contributed by atoms with Crippen molar-refractivity contribution in [3.63, 3.8) is 0 Å². The number of hydrogen-bond acceptors (Lipinski definition) is 2. The molecule has 0 spiro atoms. The summed E-state index contributed by atoms with van der Waals surface area (Å²) in [5.41, 5.74) is 0. The fourth-order valence-corrected chi connectivity index (χ4v) is 0.618.